The van der Waals surface area contributed by atoms with Crippen molar-refractivity contribution < 1.29 is 14.6 Å². The van der Waals surface area contributed by atoms with Crippen LogP contribution in [0, 0.1) is 0 Å². The first-order valence-corrected chi connectivity index (χ1v) is 6.21. The highest BCUT2D eigenvalue weighted by Crippen LogP contribution is 2.24. The van der Waals surface area contributed by atoms with Crippen molar-refractivity contribution >= 4 is 0 Å². The van der Waals surface area contributed by atoms with Gasteiger partial charge in [0.15, 0.2) is 0 Å². The Kier molecular flexibility index (Phi) is 6.90. The fourth-order valence-electron chi connectivity index (χ4n) is 1.91. The first kappa shape index (κ1) is 15.1. The van der Waals surface area contributed by atoms with Crippen LogP contribution >= 0.6 is 0 Å². The third-order valence-corrected chi connectivity index (χ3v) is 3.18. The highest BCUT2D eigenvalue weighted by atomic mass is 16.5. The molecule has 18 heavy (non-hydrogen) atoms. The predicted octanol–water partition coefficient (Wildman–Crippen LogP) is 1.15. The van der Waals surface area contributed by atoms with Crippen molar-refractivity contribution in [2.24, 2.45) is 0 Å². The van der Waals surface area contributed by atoms with Crippen molar-refractivity contribution in [3.63, 3.8) is 0 Å². The molecule has 4 nitrogen and oxygen atoms in total. The van der Waals surface area contributed by atoms with Gasteiger partial charge < -0.3 is 19.9 Å². The third kappa shape index (κ3) is 4.07. The summed E-state index contributed by atoms with van der Waals surface area (Å²) < 4.78 is 10.4. The molecule has 0 aliphatic heterocycles. The maximum absolute atomic E-state index is 9.69. The molecule has 4 heteroatoms. The molecule has 1 aromatic rings. The lowest BCUT2D eigenvalue weighted by molar-refractivity contribution is 0.0479. The first-order chi connectivity index (χ1) is 8.79. The normalized spacial score (nSPS) is 14.4. The van der Waals surface area contributed by atoms with Crippen molar-refractivity contribution in [3.8, 4) is 0 Å². The van der Waals surface area contributed by atoms with E-state index in [1.165, 1.54) is 0 Å². The van der Waals surface area contributed by atoms with Gasteiger partial charge in [0.2, 0.25) is 0 Å². The van der Waals surface area contributed by atoms with E-state index < -0.39 is 5.54 Å². The lowest BCUT2D eigenvalue weighted by atomic mass is 9.88. The molecule has 1 atom stereocenters. The average molecular weight is 253 g/mol. The Hall–Kier alpha value is -0.940. The van der Waals surface area contributed by atoms with Crippen LogP contribution in [0.3, 0.4) is 0 Å². The van der Waals surface area contributed by atoms with Gasteiger partial charge >= 0.3 is 0 Å². The summed E-state index contributed by atoms with van der Waals surface area (Å²) in [7, 11) is 3.51. The molecule has 0 spiro atoms. The summed E-state index contributed by atoms with van der Waals surface area (Å²) in [6.45, 7) is 1.80. The van der Waals surface area contributed by atoms with Crippen LogP contribution in [0.15, 0.2) is 30.3 Å². The fraction of sp³-hybridized carbons (Fsp3) is 0.571. The lowest BCUT2D eigenvalue weighted by Gasteiger charge is -2.32. The Morgan fingerprint density at radius 3 is 2.44 bits per heavy atom. The number of aliphatic hydroxyl groups excluding tert-OH is 1. The van der Waals surface area contributed by atoms with Gasteiger partial charge in [-0.05, 0) is 19.0 Å². The van der Waals surface area contributed by atoms with Gasteiger partial charge in [-0.2, -0.15) is 0 Å². The number of hydrogen-bond donors (Lipinski definition) is 2. The van der Waals surface area contributed by atoms with E-state index in [9.17, 15) is 5.11 Å². The molecule has 0 aromatic heterocycles. The van der Waals surface area contributed by atoms with Crippen LogP contribution in [-0.4, -0.2) is 45.7 Å². The zero-order chi connectivity index (χ0) is 13.3. The second-order valence-electron chi connectivity index (χ2n) is 4.21. The highest BCUT2D eigenvalue weighted by Gasteiger charge is 2.29. The molecule has 0 bridgehead atoms. The molecule has 1 rings (SSSR count). The number of aliphatic hydroxyl groups is 1. The first-order valence-electron chi connectivity index (χ1n) is 6.21. The van der Waals surface area contributed by atoms with Crippen LogP contribution < -0.4 is 5.32 Å². The number of methoxy groups -OCH3 is 1. The highest BCUT2D eigenvalue weighted by molar-refractivity contribution is 5.24. The minimum atomic E-state index is -0.436. The molecule has 0 amide bonds. The number of rotatable bonds is 9. The summed E-state index contributed by atoms with van der Waals surface area (Å²) in [5.41, 5.74) is 0.638. The zero-order valence-corrected chi connectivity index (χ0v) is 11.2. The van der Waals surface area contributed by atoms with E-state index in [-0.39, 0.29) is 6.61 Å². The molecule has 0 radical (unpaired) electrons. The number of nitrogens with one attached hydrogen (secondary N) is 1. The fourth-order valence-corrected chi connectivity index (χ4v) is 1.91. The van der Waals surface area contributed by atoms with E-state index in [0.717, 1.165) is 5.56 Å². The number of likely N-dealkylation sites (N-methyl/N-ethyl adjacent to an activating group) is 1. The van der Waals surface area contributed by atoms with Gasteiger partial charge in [-0.3, -0.25) is 0 Å². The van der Waals surface area contributed by atoms with Crippen molar-refractivity contribution in [1.29, 1.82) is 0 Å². The summed E-state index contributed by atoms with van der Waals surface area (Å²) >= 11 is 0. The Labute approximate surface area is 109 Å². The van der Waals surface area contributed by atoms with Crippen LogP contribution in [0.25, 0.3) is 0 Å². The monoisotopic (exact) mass is 253 g/mol. The molecule has 102 valence electrons. The van der Waals surface area contributed by atoms with Crippen molar-refractivity contribution in [2.45, 2.75) is 12.0 Å². The summed E-state index contributed by atoms with van der Waals surface area (Å²) in [4.78, 5) is 0. The van der Waals surface area contributed by atoms with Crippen LogP contribution in [-0.2, 0) is 15.0 Å². The molecule has 2 N–H and O–H groups in total. The largest absolute Gasteiger partial charge is 0.394 e. The predicted molar refractivity (Wildman–Crippen MR) is 71.6 cm³/mol. The molecular weight excluding hydrogens is 230 g/mol. The number of hydrogen-bond acceptors (Lipinski definition) is 4. The van der Waals surface area contributed by atoms with E-state index in [2.05, 4.69) is 5.32 Å². The quantitative estimate of drug-likeness (QED) is 0.648. The summed E-state index contributed by atoms with van der Waals surface area (Å²) in [5, 5.41) is 12.9. The minimum Gasteiger partial charge on any atom is -0.394 e. The summed E-state index contributed by atoms with van der Waals surface area (Å²) in [6.07, 6.45) is 0.716. The van der Waals surface area contributed by atoms with Crippen LogP contribution in [0.4, 0.5) is 0 Å². The van der Waals surface area contributed by atoms with E-state index in [4.69, 9.17) is 9.47 Å². The van der Waals surface area contributed by atoms with Gasteiger partial charge in [0.25, 0.3) is 0 Å². The molecule has 0 heterocycles. The average Bonchev–Trinajstić information content (AvgIpc) is 2.44. The van der Waals surface area contributed by atoms with E-state index in [0.29, 0.717) is 26.2 Å². The molecular formula is C14H23NO3. The Bertz CT molecular complexity index is 312. The molecule has 0 aliphatic rings. The second kappa shape index (κ2) is 8.21. The van der Waals surface area contributed by atoms with Crippen LogP contribution in [0.2, 0.25) is 0 Å². The summed E-state index contributed by atoms with van der Waals surface area (Å²) in [5.74, 6) is 0. The molecule has 0 aliphatic carbocycles. The van der Waals surface area contributed by atoms with E-state index in [1.807, 2.05) is 37.4 Å². The molecule has 0 fully saturated rings. The maximum atomic E-state index is 9.69. The van der Waals surface area contributed by atoms with Crippen LogP contribution in [0.1, 0.15) is 12.0 Å². The van der Waals surface area contributed by atoms with Gasteiger partial charge in [0.05, 0.1) is 25.4 Å². The Morgan fingerprint density at radius 1 is 1.17 bits per heavy atom. The standard InChI is InChI=1S/C14H23NO3/c1-15-14(12-16,8-9-18-11-10-17-2)13-6-4-3-5-7-13/h3-7,15-16H,8-12H2,1-2H3. The number of ether oxygens (including phenoxy) is 2. The number of benzene rings is 1. The maximum Gasteiger partial charge on any atom is 0.0700 e. The third-order valence-electron chi connectivity index (χ3n) is 3.18. The lowest BCUT2D eigenvalue weighted by Crippen LogP contribution is -2.44. The van der Waals surface area contributed by atoms with Gasteiger partial charge in [-0.1, -0.05) is 30.3 Å². The van der Waals surface area contributed by atoms with Gasteiger partial charge in [0, 0.05) is 13.7 Å². The summed E-state index contributed by atoms with van der Waals surface area (Å²) in [6, 6.07) is 9.95. The second-order valence-corrected chi connectivity index (χ2v) is 4.21. The van der Waals surface area contributed by atoms with Gasteiger partial charge in [-0.25, -0.2) is 0 Å². The minimum absolute atomic E-state index is 0.0428. The van der Waals surface area contributed by atoms with E-state index in [1.54, 1.807) is 7.11 Å². The SMILES string of the molecule is CNC(CO)(CCOCCOC)c1ccccc1. The van der Waals surface area contributed by atoms with E-state index >= 15 is 0 Å². The van der Waals surface area contributed by atoms with Crippen molar-refractivity contribution in [1.82, 2.24) is 5.32 Å². The Morgan fingerprint density at radius 2 is 1.89 bits per heavy atom. The molecule has 0 saturated carbocycles. The van der Waals surface area contributed by atoms with Crippen molar-refractivity contribution in [2.75, 3.05) is 40.6 Å². The van der Waals surface area contributed by atoms with Gasteiger partial charge in [-0.15, -0.1) is 0 Å². The van der Waals surface area contributed by atoms with Crippen molar-refractivity contribution in [3.05, 3.63) is 35.9 Å². The zero-order valence-electron chi connectivity index (χ0n) is 11.2. The smallest absolute Gasteiger partial charge is 0.0700 e. The molecule has 0 saturated heterocycles. The molecule has 1 unspecified atom stereocenters. The Balaban J connectivity index is 2.58. The van der Waals surface area contributed by atoms with Crippen LogP contribution in [0.5, 0.6) is 0 Å². The molecule has 1 aromatic carbocycles. The topological polar surface area (TPSA) is 50.7 Å². The van der Waals surface area contributed by atoms with Gasteiger partial charge in [0.1, 0.15) is 0 Å².